The molecule has 2 heteroatoms. The zero-order valence-electron chi connectivity index (χ0n) is 8.21. The molecule has 0 heterocycles. The van der Waals surface area contributed by atoms with Crippen LogP contribution in [0.25, 0.3) is 0 Å². The SMILES string of the molecule is CC(C)NC[C@H]1CC[C@@H](O)CC1. The molecule has 0 aromatic rings. The molecular weight excluding hydrogens is 150 g/mol. The van der Waals surface area contributed by atoms with E-state index in [1.165, 1.54) is 12.8 Å². The van der Waals surface area contributed by atoms with Crippen LogP contribution in [0.4, 0.5) is 0 Å². The second-order valence-electron chi connectivity index (χ2n) is 4.24. The minimum Gasteiger partial charge on any atom is -0.393 e. The third-order valence-corrected chi connectivity index (χ3v) is 2.63. The molecule has 0 amide bonds. The normalized spacial score (nSPS) is 31.0. The predicted molar refractivity (Wildman–Crippen MR) is 51.1 cm³/mol. The average Bonchev–Trinajstić information content (AvgIpc) is 2.03. The molecule has 1 aliphatic carbocycles. The molecule has 0 radical (unpaired) electrons. The molecule has 0 aliphatic heterocycles. The zero-order valence-corrected chi connectivity index (χ0v) is 8.21. The van der Waals surface area contributed by atoms with Gasteiger partial charge in [0.05, 0.1) is 6.10 Å². The molecule has 1 aliphatic rings. The molecule has 0 saturated heterocycles. The zero-order chi connectivity index (χ0) is 8.97. The standard InChI is InChI=1S/C10H21NO/c1-8(2)11-7-9-3-5-10(12)6-4-9/h8-12H,3-7H2,1-2H3/t9-,10+. The van der Waals surface area contributed by atoms with Crippen molar-refractivity contribution in [2.75, 3.05) is 6.54 Å². The number of nitrogens with one attached hydrogen (secondary N) is 1. The van der Waals surface area contributed by atoms with Crippen LogP contribution in [0, 0.1) is 5.92 Å². The van der Waals surface area contributed by atoms with Crippen molar-refractivity contribution >= 4 is 0 Å². The molecule has 0 spiro atoms. The quantitative estimate of drug-likeness (QED) is 0.675. The van der Waals surface area contributed by atoms with E-state index in [-0.39, 0.29) is 6.10 Å². The molecule has 0 atom stereocenters. The number of hydrogen-bond acceptors (Lipinski definition) is 2. The molecule has 0 bridgehead atoms. The van der Waals surface area contributed by atoms with Crippen molar-refractivity contribution in [3.63, 3.8) is 0 Å². The van der Waals surface area contributed by atoms with Crippen LogP contribution in [0.1, 0.15) is 39.5 Å². The fourth-order valence-corrected chi connectivity index (χ4v) is 1.75. The lowest BCUT2D eigenvalue weighted by Crippen LogP contribution is -2.31. The smallest absolute Gasteiger partial charge is 0.0540 e. The van der Waals surface area contributed by atoms with Gasteiger partial charge in [-0.2, -0.15) is 0 Å². The van der Waals surface area contributed by atoms with E-state index in [1.54, 1.807) is 0 Å². The van der Waals surface area contributed by atoms with Crippen molar-refractivity contribution in [3.8, 4) is 0 Å². The van der Waals surface area contributed by atoms with E-state index >= 15 is 0 Å². The van der Waals surface area contributed by atoms with E-state index in [0.29, 0.717) is 6.04 Å². The summed E-state index contributed by atoms with van der Waals surface area (Å²) in [6.07, 6.45) is 4.39. The summed E-state index contributed by atoms with van der Waals surface area (Å²) >= 11 is 0. The lowest BCUT2D eigenvalue weighted by molar-refractivity contribution is 0.108. The van der Waals surface area contributed by atoms with Gasteiger partial charge in [-0.1, -0.05) is 13.8 Å². The maximum Gasteiger partial charge on any atom is 0.0540 e. The Balaban J connectivity index is 2.09. The van der Waals surface area contributed by atoms with Gasteiger partial charge in [-0.25, -0.2) is 0 Å². The molecular formula is C10H21NO. The molecule has 0 unspecified atom stereocenters. The van der Waals surface area contributed by atoms with Gasteiger partial charge in [0.15, 0.2) is 0 Å². The van der Waals surface area contributed by atoms with Crippen molar-refractivity contribution in [2.45, 2.75) is 51.7 Å². The van der Waals surface area contributed by atoms with Crippen molar-refractivity contribution in [1.29, 1.82) is 0 Å². The minimum absolute atomic E-state index is 0.0136. The number of rotatable bonds is 3. The Hall–Kier alpha value is -0.0800. The predicted octanol–water partition coefficient (Wildman–Crippen LogP) is 1.54. The summed E-state index contributed by atoms with van der Waals surface area (Å²) in [5.74, 6) is 0.802. The molecule has 0 aromatic carbocycles. The minimum atomic E-state index is -0.0136. The summed E-state index contributed by atoms with van der Waals surface area (Å²) in [6, 6.07) is 0.594. The summed E-state index contributed by atoms with van der Waals surface area (Å²) in [5.41, 5.74) is 0. The van der Waals surface area contributed by atoms with Crippen LogP contribution in [0.3, 0.4) is 0 Å². The van der Waals surface area contributed by atoms with Gasteiger partial charge in [0.1, 0.15) is 0 Å². The first-order chi connectivity index (χ1) is 5.68. The summed E-state index contributed by atoms with van der Waals surface area (Å²) in [5, 5.41) is 12.7. The van der Waals surface area contributed by atoms with Crippen LogP contribution >= 0.6 is 0 Å². The maximum atomic E-state index is 9.28. The van der Waals surface area contributed by atoms with Gasteiger partial charge >= 0.3 is 0 Å². The highest BCUT2D eigenvalue weighted by Gasteiger charge is 2.18. The fraction of sp³-hybridized carbons (Fsp3) is 1.00. The first-order valence-electron chi connectivity index (χ1n) is 5.10. The molecule has 1 rings (SSSR count). The van der Waals surface area contributed by atoms with Crippen LogP contribution in [0.5, 0.6) is 0 Å². The van der Waals surface area contributed by atoms with E-state index in [4.69, 9.17) is 0 Å². The van der Waals surface area contributed by atoms with Crippen LogP contribution in [-0.2, 0) is 0 Å². The average molecular weight is 171 g/mol. The second kappa shape index (κ2) is 4.83. The summed E-state index contributed by atoms with van der Waals surface area (Å²) in [7, 11) is 0. The fourth-order valence-electron chi connectivity index (χ4n) is 1.75. The molecule has 12 heavy (non-hydrogen) atoms. The second-order valence-corrected chi connectivity index (χ2v) is 4.24. The summed E-state index contributed by atoms with van der Waals surface area (Å²) in [6.45, 7) is 5.49. The highest BCUT2D eigenvalue weighted by Crippen LogP contribution is 2.23. The van der Waals surface area contributed by atoms with Gasteiger partial charge in [-0.15, -0.1) is 0 Å². The first-order valence-corrected chi connectivity index (χ1v) is 5.10. The van der Waals surface area contributed by atoms with Gasteiger partial charge in [0.25, 0.3) is 0 Å². The Labute approximate surface area is 75.4 Å². The molecule has 2 nitrogen and oxygen atoms in total. The Morgan fingerprint density at radius 3 is 2.33 bits per heavy atom. The van der Waals surface area contributed by atoms with Crippen LogP contribution in [0.2, 0.25) is 0 Å². The highest BCUT2D eigenvalue weighted by atomic mass is 16.3. The lowest BCUT2D eigenvalue weighted by atomic mass is 9.87. The van der Waals surface area contributed by atoms with Gasteiger partial charge in [0, 0.05) is 6.04 Å². The van der Waals surface area contributed by atoms with E-state index < -0.39 is 0 Å². The van der Waals surface area contributed by atoms with E-state index in [2.05, 4.69) is 19.2 Å². The van der Waals surface area contributed by atoms with Gasteiger partial charge < -0.3 is 10.4 Å². The van der Waals surface area contributed by atoms with Gasteiger partial charge in [0.2, 0.25) is 0 Å². The Bertz CT molecular complexity index is 117. The third-order valence-electron chi connectivity index (χ3n) is 2.63. The Morgan fingerprint density at radius 1 is 1.25 bits per heavy atom. The number of aliphatic hydroxyl groups is 1. The lowest BCUT2D eigenvalue weighted by Gasteiger charge is -2.26. The molecule has 1 fully saturated rings. The van der Waals surface area contributed by atoms with Crippen molar-refractivity contribution in [2.24, 2.45) is 5.92 Å². The van der Waals surface area contributed by atoms with Crippen LogP contribution in [0.15, 0.2) is 0 Å². The Kier molecular flexibility index (Phi) is 4.02. The monoisotopic (exact) mass is 171 g/mol. The van der Waals surface area contributed by atoms with Crippen molar-refractivity contribution in [3.05, 3.63) is 0 Å². The largest absolute Gasteiger partial charge is 0.393 e. The molecule has 1 saturated carbocycles. The van der Waals surface area contributed by atoms with Crippen molar-refractivity contribution < 1.29 is 5.11 Å². The summed E-state index contributed by atoms with van der Waals surface area (Å²) < 4.78 is 0. The molecule has 0 aromatic heterocycles. The molecule has 72 valence electrons. The van der Waals surface area contributed by atoms with E-state index in [9.17, 15) is 5.11 Å². The molecule has 2 N–H and O–H groups in total. The third kappa shape index (κ3) is 3.55. The van der Waals surface area contributed by atoms with E-state index in [1.807, 2.05) is 0 Å². The number of aliphatic hydroxyl groups excluding tert-OH is 1. The Morgan fingerprint density at radius 2 is 1.83 bits per heavy atom. The topological polar surface area (TPSA) is 32.3 Å². The van der Waals surface area contributed by atoms with E-state index in [0.717, 1.165) is 25.3 Å². The maximum absolute atomic E-state index is 9.28. The van der Waals surface area contributed by atoms with Crippen LogP contribution in [-0.4, -0.2) is 23.8 Å². The van der Waals surface area contributed by atoms with Crippen molar-refractivity contribution in [1.82, 2.24) is 5.32 Å². The first kappa shape index (κ1) is 10.0. The van der Waals surface area contributed by atoms with Gasteiger partial charge in [-0.05, 0) is 38.1 Å². The number of hydrogen-bond donors (Lipinski definition) is 2. The van der Waals surface area contributed by atoms with Gasteiger partial charge in [-0.3, -0.25) is 0 Å². The highest BCUT2D eigenvalue weighted by molar-refractivity contribution is 4.73. The van der Waals surface area contributed by atoms with Crippen LogP contribution < -0.4 is 5.32 Å². The summed E-state index contributed by atoms with van der Waals surface area (Å²) in [4.78, 5) is 0.